The lowest BCUT2D eigenvalue weighted by atomic mass is 9.71. The number of hydrogen-bond acceptors (Lipinski definition) is 4. The fourth-order valence-corrected chi connectivity index (χ4v) is 6.00. The molecule has 4 heterocycles. The van der Waals surface area contributed by atoms with Crippen LogP contribution in [0.1, 0.15) is 41.2 Å². The van der Waals surface area contributed by atoms with Crippen molar-refractivity contribution >= 4 is 21.8 Å². The minimum atomic E-state index is -4.94. The minimum absolute atomic E-state index is 0.372. The summed E-state index contributed by atoms with van der Waals surface area (Å²) in [7, 11) is -4.94. The van der Waals surface area contributed by atoms with E-state index in [4.69, 9.17) is 18.6 Å². The van der Waals surface area contributed by atoms with E-state index in [9.17, 15) is 0 Å². The molecule has 2 aromatic heterocycles. The summed E-state index contributed by atoms with van der Waals surface area (Å²) < 4.78 is 39.1. The average Bonchev–Trinajstić information content (AvgIpc) is 3.17. The van der Waals surface area contributed by atoms with Crippen LogP contribution in [-0.4, -0.2) is 4.57 Å². The predicted octanol–water partition coefficient (Wildman–Crippen LogP) is 1.01. The highest BCUT2D eigenvalue weighted by atomic mass is 35.7. The molecule has 6 nitrogen and oxygen atoms in total. The molecule has 2 aliphatic heterocycles. The van der Waals surface area contributed by atoms with Crippen LogP contribution in [0.25, 0.3) is 21.8 Å². The summed E-state index contributed by atoms with van der Waals surface area (Å²) in [6, 6.07) is 34.4. The molecule has 170 valence electrons. The van der Waals surface area contributed by atoms with Crippen molar-refractivity contribution in [2.24, 2.45) is 0 Å². The lowest BCUT2D eigenvalue weighted by molar-refractivity contribution is -2.00. The summed E-state index contributed by atoms with van der Waals surface area (Å²) >= 11 is 0. The Labute approximate surface area is 198 Å². The van der Waals surface area contributed by atoms with Gasteiger partial charge in [-0.25, -0.2) is 18.6 Å². The zero-order chi connectivity index (χ0) is 23.4. The molecule has 0 amide bonds. The van der Waals surface area contributed by atoms with E-state index in [0.717, 1.165) is 6.42 Å². The van der Waals surface area contributed by atoms with Gasteiger partial charge in [0.05, 0.1) is 12.0 Å². The number of rotatable bonds is 1. The largest absolute Gasteiger partial charge is 0.336 e. The third-order valence-electron chi connectivity index (χ3n) is 7.07. The van der Waals surface area contributed by atoms with Gasteiger partial charge in [-0.05, 0) is 17.7 Å². The van der Waals surface area contributed by atoms with Crippen molar-refractivity contribution in [1.29, 1.82) is 0 Å². The van der Waals surface area contributed by atoms with E-state index in [1.807, 2.05) is 0 Å². The molecule has 2 bridgehead atoms. The van der Waals surface area contributed by atoms with Gasteiger partial charge >= 0.3 is 0 Å². The van der Waals surface area contributed by atoms with Crippen LogP contribution in [0.2, 0.25) is 0 Å². The van der Waals surface area contributed by atoms with Crippen LogP contribution < -0.4 is 23.2 Å². The van der Waals surface area contributed by atoms with E-state index in [1.54, 1.807) is 0 Å². The molecule has 0 spiro atoms. The molecule has 0 fully saturated rings. The summed E-state index contributed by atoms with van der Waals surface area (Å²) in [6.07, 6.45) is 3.40. The number of para-hydroxylation sites is 2. The number of nitrogens with zero attached hydrogens (tertiary/aromatic N) is 2. The fourth-order valence-electron chi connectivity index (χ4n) is 6.00. The highest BCUT2D eigenvalue weighted by Gasteiger charge is 2.50. The van der Waals surface area contributed by atoms with Gasteiger partial charge in [0.2, 0.25) is 0 Å². The summed E-state index contributed by atoms with van der Waals surface area (Å²) in [6.45, 7) is 0. The van der Waals surface area contributed by atoms with E-state index in [1.165, 1.54) is 38.6 Å². The normalized spacial score (nSPS) is 20.5. The molecule has 3 aliphatic rings. The summed E-state index contributed by atoms with van der Waals surface area (Å²) in [5.74, 6) is 0.372. The Balaban J connectivity index is 0.000000398. The SMILES string of the molecule is [O-][Cl+3]([O-])([O-])[O-].c1ccc2c(c1)C1c3cccc[n+]3C2CC1n1c2ccccc2c2ccccc21. The molecule has 0 radical (unpaired) electrons. The maximum Gasteiger partial charge on any atom is 0.191 e. The monoisotopic (exact) mass is 472 g/mol. The van der Waals surface area contributed by atoms with E-state index in [-0.39, 0.29) is 0 Å². The van der Waals surface area contributed by atoms with Crippen molar-refractivity contribution in [3.05, 3.63) is 114 Å². The van der Waals surface area contributed by atoms with E-state index in [0.29, 0.717) is 18.0 Å². The summed E-state index contributed by atoms with van der Waals surface area (Å²) in [4.78, 5) is 0. The second-order valence-electron chi connectivity index (χ2n) is 8.74. The standard InChI is InChI=1S/C27H21N2.ClHO4/c1-2-12-21-20(11-1)25-17-26(27(21)24-15-7-8-16-28(24)25)29-22-13-5-3-9-18(22)19-10-4-6-14-23(19)29;2-1(3,4)5/h1-16,25-27H,17H2;(H,2,3,4,5)/q+1;/p-1. The molecule has 0 saturated heterocycles. The zero-order valence-corrected chi connectivity index (χ0v) is 18.8. The maximum absolute atomic E-state index is 8.49. The highest BCUT2D eigenvalue weighted by molar-refractivity contribution is 6.08. The molecule has 7 heteroatoms. The highest BCUT2D eigenvalue weighted by Crippen LogP contribution is 2.52. The molecule has 8 rings (SSSR count). The molecule has 3 unspecified atom stereocenters. The minimum Gasteiger partial charge on any atom is -0.336 e. The van der Waals surface area contributed by atoms with Crippen LogP contribution in [0.4, 0.5) is 0 Å². The molecule has 0 N–H and O–H groups in total. The van der Waals surface area contributed by atoms with Gasteiger partial charge in [0.25, 0.3) is 0 Å². The summed E-state index contributed by atoms with van der Waals surface area (Å²) in [5, 5.41) is 2.72. The second-order valence-corrected chi connectivity index (χ2v) is 9.50. The molecule has 1 aliphatic carbocycles. The Morgan fingerprint density at radius 3 is 1.85 bits per heavy atom. The van der Waals surface area contributed by atoms with Gasteiger partial charge in [0, 0.05) is 45.9 Å². The van der Waals surface area contributed by atoms with Gasteiger partial charge in [-0.2, -0.15) is 4.57 Å². The molecule has 34 heavy (non-hydrogen) atoms. The number of hydrogen-bond donors (Lipinski definition) is 0. The summed E-state index contributed by atoms with van der Waals surface area (Å²) in [5.41, 5.74) is 7.15. The van der Waals surface area contributed by atoms with Crippen LogP contribution in [0.15, 0.2) is 97.2 Å². The third-order valence-corrected chi connectivity index (χ3v) is 7.07. The molecule has 5 aromatic rings. The van der Waals surface area contributed by atoms with Gasteiger partial charge in [-0.15, -0.1) is 10.2 Å². The molecule has 0 saturated carbocycles. The van der Waals surface area contributed by atoms with Crippen molar-refractivity contribution < 1.29 is 33.4 Å². The Kier molecular flexibility index (Phi) is 4.95. The number of fused-ring (bicyclic) bond motifs is 4. The Bertz CT molecular complexity index is 1420. The van der Waals surface area contributed by atoms with Gasteiger partial charge < -0.3 is 4.57 Å². The second kappa shape index (κ2) is 7.91. The molecule has 3 atom stereocenters. The van der Waals surface area contributed by atoms with E-state index >= 15 is 0 Å². The van der Waals surface area contributed by atoms with Crippen molar-refractivity contribution in [1.82, 2.24) is 4.57 Å². The van der Waals surface area contributed by atoms with Gasteiger partial charge in [0.15, 0.2) is 17.9 Å². The van der Waals surface area contributed by atoms with E-state index < -0.39 is 10.2 Å². The first kappa shape index (κ1) is 21.3. The quantitative estimate of drug-likeness (QED) is 0.340. The predicted molar refractivity (Wildman–Crippen MR) is 116 cm³/mol. The first-order chi connectivity index (χ1) is 16.4. The van der Waals surface area contributed by atoms with Crippen LogP contribution in [-0.2, 0) is 0 Å². The number of pyridine rings is 1. The van der Waals surface area contributed by atoms with Crippen LogP contribution in [0.3, 0.4) is 0 Å². The van der Waals surface area contributed by atoms with Crippen LogP contribution >= 0.6 is 0 Å². The molecular formula is C27H21ClN2O4. The van der Waals surface area contributed by atoms with Crippen LogP contribution in [0, 0.1) is 10.2 Å². The lowest BCUT2D eigenvalue weighted by Gasteiger charge is -2.41. The zero-order valence-electron chi connectivity index (χ0n) is 18.1. The van der Waals surface area contributed by atoms with Crippen molar-refractivity contribution in [2.45, 2.75) is 24.4 Å². The van der Waals surface area contributed by atoms with Crippen molar-refractivity contribution in [3.63, 3.8) is 0 Å². The fraction of sp³-hybridized carbons (Fsp3) is 0.148. The average molecular weight is 473 g/mol. The van der Waals surface area contributed by atoms with Crippen LogP contribution in [0.5, 0.6) is 0 Å². The smallest absolute Gasteiger partial charge is 0.191 e. The number of halogens is 1. The first-order valence-corrected chi connectivity index (χ1v) is 12.3. The topological polar surface area (TPSA) is 101 Å². The Hall–Kier alpha value is -3.26. The molecule has 3 aromatic carbocycles. The first-order valence-electron chi connectivity index (χ1n) is 11.1. The van der Waals surface area contributed by atoms with Gasteiger partial charge in [-0.1, -0.05) is 66.7 Å². The third kappa shape index (κ3) is 3.39. The number of aromatic nitrogens is 2. The van der Waals surface area contributed by atoms with Gasteiger partial charge in [-0.3, -0.25) is 0 Å². The van der Waals surface area contributed by atoms with Gasteiger partial charge in [0.1, 0.15) is 0 Å². The maximum atomic E-state index is 8.49. The molecular weight excluding hydrogens is 452 g/mol. The lowest BCUT2D eigenvalue weighted by Crippen LogP contribution is -2.68. The van der Waals surface area contributed by atoms with Crippen molar-refractivity contribution in [2.75, 3.05) is 0 Å². The Morgan fingerprint density at radius 2 is 1.21 bits per heavy atom. The van der Waals surface area contributed by atoms with Crippen molar-refractivity contribution in [3.8, 4) is 0 Å². The number of benzene rings is 3. The van der Waals surface area contributed by atoms with E-state index in [2.05, 4.69) is 106 Å². The Morgan fingerprint density at radius 1 is 0.676 bits per heavy atom.